The number of hydrogen-bond acceptors (Lipinski definition) is 3. The van der Waals surface area contributed by atoms with Crippen LogP contribution in [0.5, 0.6) is 0 Å². The standard InChI is InChI=1S/C32H40Br2N2S/c1-5-6-7-8-9-10-11-12-13-14-15-22-16-24(33)18-27-28-19-25(34)17-26(30(28)37-29(22)27)23-20-35-31(36-21-23)32(2,3)4/h16-21H,5-15H2,1-4H3. The van der Waals surface area contributed by atoms with Crippen LogP contribution in [0.25, 0.3) is 31.3 Å². The van der Waals surface area contributed by atoms with Crippen LogP contribution >= 0.6 is 43.2 Å². The molecule has 2 aromatic carbocycles. The maximum atomic E-state index is 4.71. The predicted octanol–water partition coefficient (Wildman–Crippen LogP) is 11.8. The summed E-state index contributed by atoms with van der Waals surface area (Å²) in [4.78, 5) is 9.42. The molecule has 0 radical (unpaired) electrons. The van der Waals surface area contributed by atoms with Crippen molar-refractivity contribution in [2.24, 2.45) is 0 Å². The minimum absolute atomic E-state index is 0.0570. The highest BCUT2D eigenvalue weighted by Gasteiger charge is 2.19. The van der Waals surface area contributed by atoms with Crippen molar-refractivity contribution in [1.29, 1.82) is 0 Å². The van der Waals surface area contributed by atoms with Crippen molar-refractivity contribution >= 4 is 63.4 Å². The molecule has 0 aliphatic heterocycles. The van der Waals surface area contributed by atoms with Gasteiger partial charge < -0.3 is 0 Å². The third kappa shape index (κ3) is 7.42. The number of rotatable bonds is 12. The first-order chi connectivity index (χ1) is 17.8. The fourth-order valence-corrected chi connectivity index (χ4v) is 7.34. The molecule has 37 heavy (non-hydrogen) atoms. The largest absolute Gasteiger partial charge is 0.240 e. The number of hydrogen-bond donors (Lipinski definition) is 0. The van der Waals surface area contributed by atoms with Gasteiger partial charge in [-0.25, -0.2) is 9.97 Å². The first-order valence-corrected chi connectivity index (χ1v) is 16.3. The number of thiophene rings is 1. The lowest BCUT2D eigenvalue weighted by Crippen LogP contribution is -2.15. The molecular weight excluding hydrogens is 604 g/mol. The second-order valence-electron chi connectivity index (χ2n) is 11.4. The van der Waals surface area contributed by atoms with Gasteiger partial charge in [0, 0.05) is 58.1 Å². The molecule has 2 heterocycles. The minimum atomic E-state index is -0.0570. The quantitative estimate of drug-likeness (QED) is 0.143. The average molecular weight is 645 g/mol. The summed E-state index contributed by atoms with van der Waals surface area (Å²) in [5, 5.41) is 2.64. The van der Waals surface area contributed by atoms with Crippen LogP contribution in [-0.4, -0.2) is 9.97 Å². The molecule has 5 heteroatoms. The molecule has 2 aromatic heterocycles. The van der Waals surface area contributed by atoms with Gasteiger partial charge in [0.25, 0.3) is 0 Å². The van der Waals surface area contributed by atoms with E-state index in [4.69, 9.17) is 9.97 Å². The summed E-state index contributed by atoms with van der Waals surface area (Å²) in [5.41, 5.74) is 3.68. The number of benzene rings is 2. The Labute approximate surface area is 244 Å². The molecule has 0 amide bonds. The van der Waals surface area contributed by atoms with Gasteiger partial charge in [0.05, 0.1) is 0 Å². The molecule has 198 valence electrons. The Morgan fingerprint density at radius 3 is 1.84 bits per heavy atom. The highest BCUT2D eigenvalue weighted by molar-refractivity contribution is 9.10. The third-order valence-electron chi connectivity index (χ3n) is 7.11. The van der Waals surface area contributed by atoms with Gasteiger partial charge in [-0.1, -0.05) is 117 Å². The molecule has 0 saturated carbocycles. The summed E-state index contributed by atoms with van der Waals surface area (Å²) >= 11 is 9.50. The second kappa shape index (κ2) is 13.2. The van der Waals surface area contributed by atoms with Gasteiger partial charge in [0.15, 0.2) is 0 Å². The zero-order valence-corrected chi connectivity index (χ0v) is 26.8. The van der Waals surface area contributed by atoms with Crippen molar-refractivity contribution < 1.29 is 0 Å². The van der Waals surface area contributed by atoms with Crippen LogP contribution in [0.3, 0.4) is 0 Å². The van der Waals surface area contributed by atoms with Gasteiger partial charge in [0.2, 0.25) is 0 Å². The van der Waals surface area contributed by atoms with Crippen LogP contribution in [0.15, 0.2) is 45.6 Å². The van der Waals surface area contributed by atoms with Gasteiger partial charge in [-0.05, 0) is 42.7 Å². The van der Waals surface area contributed by atoms with Crippen molar-refractivity contribution in [3.05, 3.63) is 57.0 Å². The van der Waals surface area contributed by atoms with E-state index in [0.717, 1.165) is 22.3 Å². The van der Waals surface area contributed by atoms with Crippen molar-refractivity contribution in [2.75, 3.05) is 0 Å². The molecule has 0 spiro atoms. The highest BCUT2D eigenvalue weighted by Crippen LogP contribution is 2.44. The number of aromatic nitrogens is 2. The maximum absolute atomic E-state index is 4.71. The van der Waals surface area contributed by atoms with E-state index in [-0.39, 0.29) is 5.41 Å². The van der Waals surface area contributed by atoms with E-state index >= 15 is 0 Å². The Balaban J connectivity index is 1.52. The van der Waals surface area contributed by atoms with Crippen LogP contribution in [0.2, 0.25) is 0 Å². The summed E-state index contributed by atoms with van der Waals surface area (Å²) in [5.74, 6) is 0.876. The molecule has 4 aromatic rings. The first-order valence-electron chi connectivity index (χ1n) is 13.9. The van der Waals surface area contributed by atoms with Crippen molar-refractivity contribution in [2.45, 2.75) is 104 Å². The molecule has 0 unspecified atom stereocenters. The van der Waals surface area contributed by atoms with Crippen molar-refractivity contribution in [1.82, 2.24) is 9.97 Å². The molecule has 4 rings (SSSR count). The first kappa shape index (κ1) is 28.7. The Hall–Kier alpha value is -1.30. The van der Waals surface area contributed by atoms with Crippen LogP contribution < -0.4 is 0 Å². The topological polar surface area (TPSA) is 25.8 Å². The fourth-order valence-electron chi connectivity index (χ4n) is 5.03. The summed E-state index contributed by atoms with van der Waals surface area (Å²) in [6.07, 6.45) is 18.8. The van der Waals surface area contributed by atoms with E-state index in [1.54, 1.807) is 0 Å². The predicted molar refractivity (Wildman–Crippen MR) is 170 cm³/mol. The zero-order chi connectivity index (χ0) is 26.4. The van der Waals surface area contributed by atoms with Gasteiger partial charge in [-0.2, -0.15) is 0 Å². The van der Waals surface area contributed by atoms with E-state index in [1.807, 2.05) is 23.7 Å². The van der Waals surface area contributed by atoms with Crippen molar-refractivity contribution in [3.8, 4) is 11.1 Å². The van der Waals surface area contributed by atoms with Crippen LogP contribution in [0.4, 0.5) is 0 Å². The Morgan fingerprint density at radius 1 is 0.703 bits per heavy atom. The van der Waals surface area contributed by atoms with Crippen molar-refractivity contribution in [3.63, 3.8) is 0 Å². The van der Waals surface area contributed by atoms with E-state index in [0.29, 0.717) is 0 Å². The maximum Gasteiger partial charge on any atom is 0.133 e. The number of fused-ring (bicyclic) bond motifs is 3. The number of aryl methyl sites for hydroxylation is 1. The smallest absolute Gasteiger partial charge is 0.133 e. The van der Waals surface area contributed by atoms with Gasteiger partial charge in [-0.3, -0.25) is 0 Å². The summed E-state index contributed by atoms with van der Waals surface area (Å²) in [6.45, 7) is 8.74. The molecule has 0 saturated heterocycles. The number of nitrogens with zero attached hydrogens (tertiary/aromatic N) is 2. The Morgan fingerprint density at radius 2 is 1.24 bits per heavy atom. The van der Waals surface area contributed by atoms with E-state index in [2.05, 4.69) is 83.8 Å². The third-order valence-corrected chi connectivity index (χ3v) is 9.36. The molecule has 0 atom stereocenters. The van der Waals surface area contributed by atoms with Gasteiger partial charge >= 0.3 is 0 Å². The molecule has 0 bridgehead atoms. The lowest BCUT2D eigenvalue weighted by molar-refractivity contribution is 0.545. The fraction of sp³-hybridized carbons (Fsp3) is 0.500. The second-order valence-corrected chi connectivity index (χ2v) is 14.2. The van der Waals surface area contributed by atoms with Crippen LogP contribution in [0.1, 0.15) is 103 Å². The molecule has 2 nitrogen and oxygen atoms in total. The normalized spacial score (nSPS) is 12.2. The summed E-state index contributed by atoms with van der Waals surface area (Å²) in [7, 11) is 0. The van der Waals surface area contributed by atoms with E-state index < -0.39 is 0 Å². The summed E-state index contributed by atoms with van der Waals surface area (Å²) in [6, 6.07) is 9.09. The SMILES string of the molecule is CCCCCCCCCCCCc1cc(Br)cc2c1sc1c(-c3cnc(C(C)(C)C)nc3)cc(Br)cc12. The average Bonchev–Trinajstić information content (AvgIpc) is 3.22. The highest BCUT2D eigenvalue weighted by atomic mass is 79.9. The molecular formula is C32H40Br2N2S. The molecule has 0 aliphatic rings. The minimum Gasteiger partial charge on any atom is -0.240 e. The van der Waals surface area contributed by atoms with E-state index in [9.17, 15) is 0 Å². The molecule has 0 N–H and O–H groups in total. The summed E-state index contributed by atoms with van der Waals surface area (Å²) < 4.78 is 4.99. The lowest BCUT2D eigenvalue weighted by Gasteiger charge is -2.16. The Bertz CT molecular complexity index is 1320. The van der Waals surface area contributed by atoms with Gasteiger partial charge in [-0.15, -0.1) is 11.3 Å². The van der Waals surface area contributed by atoms with E-state index in [1.165, 1.54) is 100.0 Å². The lowest BCUT2D eigenvalue weighted by atomic mass is 9.95. The monoisotopic (exact) mass is 642 g/mol. The zero-order valence-electron chi connectivity index (χ0n) is 22.8. The van der Waals surface area contributed by atoms with Gasteiger partial charge in [0.1, 0.15) is 5.82 Å². The Kier molecular flexibility index (Phi) is 10.2. The molecule has 0 aliphatic carbocycles. The number of unbranched alkanes of at least 4 members (excludes halogenated alkanes) is 9. The van der Waals surface area contributed by atoms with Crippen LogP contribution in [-0.2, 0) is 11.8 Å². The molecule has 0 fully saturated rings. The van der Waals surface area contributed by atoms with Crippen LogP contribution in [0, 0.1) is 0 Å². The number of halogens is 2.